The summed E-state index contributed by atoms with van der Waals surface area (Å²) in [6.45, 7) is 21.0. The van der Waals surface area contributed by atoms with Crippen LogP contribution in [-0.2, 0) is 20.9 Å². The number of anilines is 1. The average Bonchev–Trinajstić information content (AvgIpc) is 2.92. The third-order valence-corrected chi connectivity index (χ3v) is 7.96. The molecule has 0 saturated carbocycles. The van der Waals surface area contributed by atoms with Crippen LogP contribution in [0.3, 0.4) is 0 Å². The van der Waals surface area contributed by atoms with E-state index in [0.717, 1.165) is 76.6 Å². The summed E-state index contributed by atoms with van der Waals surface area (Å²) in [4.78, 5) is 21.0. The van der Waals surface area contributed by atoms with Crippen molar-refractivity contribution in [2.24, 2.45) is 5.41 Å². The Bertz CT molecular complexity index is 1380. The van der Waals surface area contributed by atoms with Gasteiger partial charge < -0.3 is 19.1 Å². The Morgan fingerprint density at radius 1 is 1.00 bits per heavy atom. The fraction of sp³-hybridized carbons (Fsp3) is 0.500. The van der Waals surface area contributed by atoms with E-state index in [0.29, 0.717) is 6.61 Å². The van der Waals surface area contributed by atoms with E-state index in [1.165, 1.54) is 0 Å². The molecule has 3 aromatic rings. The first-order chi connectivity index (χ1) is 19.8. The van der Waals surface area contributed by atoms with Crippen LogP contribution in [0.1, 0.15) is 88.6 Å². The fourth-order valence-electron chi connectivity index (χ4n) is 5.61. The number of nitrogens with zero attached hydrogens (tertiary/aromatic N) is 2. The van der Waals surface area contributed by atoms with Crippen molar-refractivity contribution in [2.45, 2.75) is 93.5 Å². The molecule has 0 spiro atoms. The summed E-state index contributed by atoms with van der Waals surface area (Å²) < 4.78 is 18.4. The lowest BCUT2D eigenvalue weighted by Gasteiger charge is -2.41. The number of hydrogen-bond acceptors (Lipinski definition) is 6. The van der Waals surface area contributed by atoms with Gasteiger partial charge in [-0.1, -0.05) is 56.3 Å². The maximum Gasteiger partial charge on any atom is 0.340 e. The number of aryl methyl sites for hydroxylation is 3. The Morgan fingerprint density at radius 3 is 2.29 bits per heavy atom. The molecule has 226 valence electrons. The molecule has 1 atom stereocenters. The monoisotopic (exact) mass is 572 g/mol. The number of carbonyl (C=O) groups is 1. The normalized spacial score (nSPS) is 15.8. The Morgan fingerprint density at radius 2 is 1.67 bits per heavy atom. The number of rotatable bonds is 9. The number of benzene rings is 2. The van der Waals surface area contributed by atoms with Gasteiger partial charge in [0, 0.05) is 35.6 Å². The molecule has 1 aliphatic rings. The lowest BCUT2D eigenvalue weighted by Crippen LogP contribution is -2.39. The molecule has 6 nitrogen and oxygen atoms in total. The lowest BCUT2D eigenvalue weighted by atomic mass is 9.81. The van der Waals surface area contributed by atoms with Crippen molar-refractivity contribution in [2.75, 3.05) is 24.6 Å². The van der Waals surface area contributed by atoms with Crippen molar-refractivity contribution < 1.29 is 19.0 Å². The van der Waals surface area contributed by atoms with E-state index in [1.54, 1.807) is 0 Å². The highest BCUT2D eigenvalue weighted by Gasteiger charge is 2.37. The third-order valence-electron chi connectivity index (χ3n) is 7.96. The molecule has 0 amide bonds. The predicted molar refractivity (Wildman–Crippen MR) is 170 cm³/mol. The number of ether oxygens (including phenoxy) is 3. The van der Waals surface area contributed by atoms with Crippen LogP contribution in [0, 0.1) is 26.2 Å². The molecule has 0 N–H and O–H groups in total. The minimum absolute atomic E-state index is 0.263. The standard InChI is InChI=1S/C36H48N2O4/c1-10-40-34(39)33(42-35(5,6)7)31-26(4)37-25(3)30(32(31)38-20-18-36(8,9)19-21-38)28-17-16-24(2)29(22-28)41-23-27-14-12-11-13-15-27/h11-17,22,33H,10,18-21,23H2,1-9H3/t33-/m0/s1. The van der Waals surface area contributed by atoms with Crippen molar-refractivity contribution >= 4 is 11.7 Å². The van der Waals surface area contributed by atoms with Gasteiger partial charge in [-0.25, -0.2) is 4.79 Å². The van der Waals surface area contributed by atoms with Crippen LogP contribution in [0.5, 0.6) is 5.75 Å². The van der Waals surface area contributed by atoms with Crippen molar-refractivity contribution in [3.05, 3.63) is 76.6 Å². The zero-order valence-corrected chi connectivity index (χ0v) is 27.0. The Balaban J connectivity index is 1.90. The topological polar surface area (TPSA) is 60.9 Å². The molecule has 1 aliphatic heterocycles. The van der Waals surface area contributed by atoms with Crippen LogP contribution in [-0.4, -0.2) is 36.3 Å². The molecule has 1 aromatic heterocycles. The number of pyridine rings is 1. The molecule has 0 aliphatic carbocycles. The van der Waals surface area contributed by atoms with Gasteiger partial charge in [0.2, 0.25) is 0 Å². The van der Waals surface area contributed by atoms with Gasteiger partial charge in [0.15, 0.2) is 6.10 Å². The van der Waals surface area contributed by atoms with Gasteiger partial charge in [0.05, 0.1) is 17.9 Å². The fourth-order valence-corrected chi connectivity index (χ4v) is 5.61. The summed E-state index contributed by atoms with van der Waals surface area (Å²) >= 11 is 0. The Kier molecular flexibility index (Phi) is 9.67. The Labute approximate surface area is 252 Å². The van der Waals surface area contributed by atoms with Crippen LogP contribution in [0.25, 0.3) is 11.1 Å². The highest BCUT2D eigenvalue weighted by atomic mass is 16.6. The van der Waals surface area contributed by atoms with Gasteiger partial charge in [-0.05, 0) is 89.5 Å². The van der Waals surface area contributed by atoms with Gasteiger partial charge in [0.25, 0.3) is 0 Å². The lowest BCUT2D eigenvalue weighted by molar-refractivity contribution is -0.166. The third kappa shape index (κ3) is 7.52. The number of carbonyl (C=O) groups excluding carboxylic acids is 1. The summed E-state index contributed by atoms with van der Waals surface area (Å²) in [5.41, 5.74) is 7.38. The van der Waals surface area contributed by atoms with E-state index < -0.39 is 11.7 Å². The summed E-state index contributed by atoms with van der Waals surface area (Å²) in [5.74, 6) is 0.443. The van der Waals surface area contributed by atoms with Gasteiger partial charge >= 0.3 is 5.97 Å². The van der Waals surface area contributed by atoms with E-state index in [4.69, 9.17) is 19.2 Å². The first kappa shape index (κ1) is 31.6. The summed E-state index contributed by atoms with van der Waals surface area (Å²) in [7, 11) is 0. The minimum atomic E-state index is -0.902. The van der Waals surface area contributed by atoms with Gasteiger partial charge in [-0.3, -0.25) is 4.98 Å². The second-order valence-corrected chi connectivity index (χ2v) is 13.2. The average molecular weight is 573 g/mol. The molecule has 42 heavy (non-hydrogen) atoms. The SMILES string of the molecule is CCOC(=O)[C@@H](OC(C)(C)C)c1c(C)nc(C)c(-c2ccc(C)c(OCc3ccccc3)c2)c1N1CCC(C)(C)CC1. The second-order valence-electron chi connectivity index (χ2n) is 13.2. The first-order valence-corrected chi connectivity index (χ1v) is 15.2. The van der Waals surface area contributed by atoms with E-state index in [2.05, 4.69) is 62.9 Å². The van der Waals surface area contributed by atoms with Crippen LogP contribution in [0.15, 0.2) is 48.5 Å². The quantitative estimate of drug-likeness (QED) is 0.240. The predicted octanol–water partition coefficient (Wildman–Crippen LogP) is 8.30. The van der Waals surface area contributed by atoms with E-state index in [-0.39, 0.29) is 18.0 Å². The summed E-state index contributed by atoms with van der Waals surface area (Å²) in [6.07, 6.45) is 1.20. The molecular formula is C36H48N2O4. The van der Waals surface area contributed by atoms with E-state index >= 15 is 0 Å². The van der Waals surface area contributed by atoms with Crippen LogP contribution in [0.2, 0.25) is 0 Å². The highest BCUT2D eigenvalue weighted by Crippen LogP contribution is 2.45. The molecule has 0 bridgehead atoms. The van der Waals surface area contributed by atoms with Crippen molar-refractivity contribution in [1.82, 2.24) is 4.98 Å². The molecule has 6 heteroatoms. The van der Waals surface area contributed by atoms with E-state index in [1.807, 2.05) is 52.8 Å². The van der Waals surface area contributed by atoms with Crippen molar-refractivity contribution in [3.8, 4) is 16.9 Å². The number of piperidine rings is 1. The van der Waals surface area contributed by atoms with Crippen LogP contribution < -0.4 is 9.64 Å². The molecule has 1 saturated heterocycles. The van der Waals surface area contributed by atoms with Gasteiger partial charge in [0.1, 0.15) is 12.4 Å². The van der Waals surface area contributed by atoms with E-state index in [9.17, 15) is 4.79 Å². The zero-order chi connectivity index (χ0) is 30.7. The second kappa shape index (κ2) is 12.9. The molecular weight excluding hydrogens is 524 g/mol. The first-order valence-electron chi connectivity index (χ1n) is 15.2. The summed E-state index contributed by atoms with van der Waals surface area (Å²) in [6, 6.07) is 16.5. The maximum atomic E-state index is 13.5. The Hall–Kier alpha value is -3.38. The number of aromatic nitrogens is 1. The number of esters is 1. The molecule has 4 rings (SSSR count). The largest absolute Gasteiger partial charge is 0.489 e. The van der Waals surface area contributed by atoms with Crippen LogP contribution in [0.4, 0.5) is 5.69 Å². The zero-order valence-electron chi connectivity index (χ0n) is 27.0. The molecule has 0 radical (unpaired) electrons. The van der Waals surface area contributed by atoms with Crippen molar-refractivity contribution in [3.63, 3.8) is 0 Å². The molecule has 0 unspecified atom stereocenters. The maximum absolute atomic E-state index is 13.5. The molecule has 2 aromatic carbocycles. The van der Waals surface area contributed by atoms with Gasteiger partial charge in [-0.2, -0.15) is 0 Å². The van der Waals surface area contributed by atoms with Crippen molar-refractivity contribution in [1.29, 1.82) is 0 Å². The smallest absolute Gasteiger partial charge is 0.340 e. The number of hydrogen-bond donors (Lipinski definition) is 0. The minimum Gasteiger partial charge on any atom is -0.489 e. The molecule has 1 fully saturated rings. The highest BCUT2D eigenvalue weighted by molar-refractivity contribution is 5.88. The molecule has 2 heterocycles. The van der Waals surface area contributed by atoms with Gasteiger partial charge in [-0.15, -0.1) is 0 Å². The van der Waals surface area contributed by atoms with Crippen LogP contribution >= 0.6 is 0 Å². The summed E-state index contributed by atoms with van der Waals surface area (Å²) in [5, 5.41) is 0.